The van der Waals surface area contributed by atoms with Gasteiger partial charge in [-0.2, -0.15) is 5.26 Å². The third-order valence-corrected chi connectivity index (χ3v) is 4.99. The molecule has 7 nitrogen and oxygen atoms in total. The van der Waals surface area contributed by atoms with Crippen LogP contribution in [-0.4, -0.2) is 28.8 Å². The zero-order chi connectivity index (χ0) is 23.3. The zero-order valence-electron chi connectivity index (χ0n) is 18.3. The van der Waals surface area contributed by atoms with Gasteiger partial charge >= 0.3 is 6.09 Å². The average molecular weight is 443 g/mol. The monoisotopic (exact) mass is 443 g/mol. The second-order valence-corrected chi connectivity index (χ2v) is 8.75. The van der Waals surface area contributed by atoms with E-state index in [1.165, 1.54) is 24.3 Å². The Morgan fingerprint density at radius 3 is 2.41 bits per heavy atom. The molecular formula is C23H27F2N5O2. The molecule has 1 heterocycles. The van der Waals surface area contributed by atoms with Crippen LogP contribution in [0.1, 0.15) is 52.0 Å². The van der Waals surface area contributed by atoms with Crippen LogP contribution in [0, 0.1) is 23.0 Å². The summed E-state index contributed by atoms with van der Waals surface area (Å²) in [6.07, 6.45) is 2.75. The molecule has 1 aromatic heterocycles. The molecule has 0 unspecified atom stereocenters. The molecule has 1 aromatic carbocycles. The van der Waals surface area contributed by atoms with E-state index in [2.05, 4.69) is 20.9 Å². The van der Waals surface area contributed by atoms with Gasteiger partial charge in [0.15, 0.2) is 17.5 Å². The Labute approximate surface area is 186 Å². The molecule has 9 heteroatoms. The molecule has 0 spiro atoms. The number of alkyl carbamates (subject to hydrolysis) is 1. The van der Waals surface area contributed by atoms with Crippen molar-refractivity contribution in [2.24, 2.45) is 0 Å². The highest BCUT2D eigenvalue weighted by Gasteiger charge is 2.29. The Bertz CT molecular complexity index is 999. The number of rotatable bonds is 5. The quantitative estimate of drug-likeness (QED) is 0.586. The minimum Gasteiger partial charge on any atom is -0.444 e. The Balaban J connectivity index is 1.79. The van der Waals surface area contributed by atoms with E-state index in [0.717, 1.165) is 25.3 Å². The summed E-state index contributed by atoms with van der Waals surface area (Å²) in [6.45, 7) is 5.36. The van der Waals surface area contributed by atoms with Crippen molar-refractivity contribution < 1.29 is 18.3 Å². The van der Waals surface area contributed by atoms with Gasteiger partial charge < -0.3 is 20.7 Å². The van der Waals surface area contributed by atoms with E-state index in [4.69, 9.17) is 4.74 Å². The predicted octanol–water partition coefficient (Wildman–Crippen LogP) is 5.22. The van der Waals surface area contributed by atoms with E-state index in [1.54, 1.807) is 20.8 Å². The number of amides is 1. The summed E-state index contributed by atoms with van der Waals surface area (Å²) in [5, 5.41) is 18.3. The number of aromatic nitrogens is 1. The highest BCUT2D eigenvalue weighted by atomic mass is 19.1. The molecule has 3 rings (SSSR count). The van der Waals surface area contributed by atoms with Gasteiger partial charge in [0, 0.05) is 11.7 Å². The molecule has 3 N–H and O–H groups in total. The first-order chi connectivity index (χ1) is 15.1. The van der Waals surface area contributed by atoms with Crippen molar-refractivity contribution in [3.63, 3.8) is 0 Å². The van der Waals surface area contributed by atoms with Gasteiger partial charge in [0.25, 0.3) is 0 Å². The van der Waals surface area contributed by atoms with E-state index in [1.807, 2.05) is 6.07 Å². The van der Waals surface area contributed by atoms with E-state index in [-0.39, 0.29) is 29.3 Å². The van der Waals surface area contributed by atoms with E-state index in [0.29, 0.717) is 12.1 Å². The summed E-state index contributed by atoms with van der Waals surface area (Å²) in [5.41, 5.74) is -0.0943. The van der Waals surface area contributed by atoms with Crippen LogP contribution in [0.15, 0.2) is 30.3 Å². The first-order valence-electron chi connectivity index (χ1n) is 10.5. The SMILES string of the molecule is CC(C)(C)OC(=O)N[C@H]1CCCC[C@H]1Nc1nc(Nc2ccc(F)cc2)c(C#N)cc1F. The van der Waals surface area contributed by atoms with Gasteiger partial charge in [-0.3, -0.25) is 0 Å². The van der Waals surface area contributed by atoms with Crippen LogP contribution in [0.25, 0.3) is 0 Å². The van der Waals surface area contributed by atoms with E-state index < -0.39 is 23.3 Å². The average Bonchev–Trinajstić information content (AvgIpc) is 2.71. The largest absolute Gasteiger partial charge is 0.444 e. The third kappa shape index (κ3) is 6.30. The molecular weight excluding hydrogens is 416 g/mol. The van der Waals surface area contributed by atoms with Gasteiger partial charge in [-0.05, 0) is 63.9 Å². The maximum atomic E-state index is 14.7. The lowest BCUT2D eigenvalue weighted by molar-refractivity contribution is 0.0488. The Hall–Kier alpha value is -3.41. The highest BCUT2D eigenvalue weighted by Crippen LogP contribution is 2.27. The number of nitrogens with one attached hydrogen (secondary N) is 3. The highest BCUT2D eigenvalue weighted by molar-refractivity contribution is 5.68. The normalized spacial score (nSPS) is 18.4. The van der Waals surface area contributed by atoms with Gasteiger partial charge in [0.1, 0.15) is 17.5 Å². The van der Waals surface area contributed by atoms with E-state index >= 15 is 0 Å². The van der Waals surface area contributed by atoms with Gasteiger partial charge in [0.05, 0.1) is 11.6 Å². The van der Waals surface area contributed by atoms with Gasteiger partial charge in [-0.1, -0.05) is 12.8 Å². The Morgan fingerprint density at radius 1 is 1.12 bits per heavy atom. The fraction of sp³-hybridized carbons (Fsp3) is 0.435. The maximum Gasteiger partial charge on any atom is 0.407 e. The van der Waals surface area contributed by atoms with Crippen LogP contribution in [0.3, 0.4) is 0 Å². The topological polar surface area (TPSA) is 99.1 Å². The number of pyridine rings is 1. The molecule has 1 saturated carbocycles. The molecule has 2 aromatic rings. The molecule has 0 aliphatic heterocycles. The standard InChI is InChI=1S/C23H27F2N5O2/c1-23(2,3)32-22(31)29-19-7-5-4-6-18(19)28-21-17(25)12-14(13-26)20(30-21)27-16-10-8-15(24)9-11-16/h8-12,18-19H,4-7H2,1-3H3,(H,29,31)(H2,27,28,30)/t18-,19+/m1/s1. The fourth-order valence-electron chi connectivity index (χ4n) is 3.55. The third-order valence-electron chi connectivity index (χ3n) is 4.99. The molecule has 0 saturated heterocycles. The number of hydrogen-bond acceptors (Lipinski definition) is 6. The number of nitrogens with zero attached hydrogens (tertiary/aromatic N) is 2. The lowest BCUT2D eigenvalue weighted by Gasteiger charge is -2.33. The summed E-state index contributed by atoms with van der Waals surface area (Å²) in [4.78, 5) is 16.5. The van der Waals surface area contributed by atoms with Gasteiger partial charge in [-0.25, -0.2) is 18.6 Å². The van der Waals surface area contributed by atoms with Crippen molar-refractivity contribution in [3.8, 4) is 6.07 Å². The van der Waals surface area contributed by atoms with Crippen molar-refractivity contribution in [3.05, 3.63) is 47.5 Å². The summed E-state index contributed by atoms with van der Waals surface area (Å²) in [7, 11) is 0. The van der Waals surface area contributed by atoms with Crippen LogP contribution in [0.2, 0.25) is 0 Å². The molecule has 2 atom stereocenters. The second-order valence-electron chi connectivity index (χ2n) is 8.75. The Morgan fingerprint density at radius 2 is 1.78 bits per heavy atom. The van der Waals surface area contributed by atoms with Gasteiger partial charge in [0.2, 0.25) is 0 Å². The summed E-state index contributed by atoms with van der Waals surface area (Å²) in [5.74, 6) is -0.953. The number of nitriles is 1. The second kappa shape index (κ2) is 9.81. The summed E-state index contributed by atoms with van der Waals surface area (Å²) in [6, 6.07) is 8.03. The van der Waals surface area contributed by atoms with Gasteiger partial charge in [-0.15, -0.1) is 0 Å². The number of carbonyl (C=O) groups is 1. The van der Waals surface area contributed by atoms with Crippen LogP contribution in [0.5, 0.6) is 0 Å². The smallest absolute Gasteiger partial charge is 0.407 e. The van der Waals surface area contributed by atoms with Crippen LogP contribution < -0.4 is 16.0 Å². The van der Waals surface area contributed by atoms with Crippen LogP contribution in [-0.2, 0) is 4.74 Å². The first-order valence-corrected chi connectivity index (χ1v) is 10.5. The number of anilines is 3. The molecule has 32 heavy (non-hydrogen) atoms. The minimum absolute atomic E-state index is 0.0180. The zero-order valence-corrected chi connectivity index (χ0v) is 18.3. The summed E-state index contributed by atoms with van der Waals surface area (Å²) >= 11 is 0. The van der Waals surface area contributed by atoms with Crippen molar-refractivity contribution in [2.45, 2.75) is 64.1 Å². The number of carbonyl (C=O) groups excluding carboxylic acids is 1. The lowest BCUT2D eigenvalue weighted by Crippen LogP contribution is -2.50. The Kier molecular flexibility index (Phi) is 7.13. The molecule has 1 aliphatic rings. The van der Waals surface area contributed by atoms with E-state index in [9.17, 15) is 18.8 Å². The molecule has 1 aliphatic carbocycles. The number of hydrogen-bond donors (Lipinski definition) is 3. The molecule has 0 bridgehead atoms. The number of ether oxygens (including phenoxy) is 1. The van der Waals surface area contributed by atoms with Crippen molar-refractivity contribution in [2.75, 3.05) is 10.6 Å². The molecule has 170 valence electrons. The minimum atomic E-state index is -0.673. The maximum absolute atomic E-state index is 14.7. The lowest BCUT2D eigenvalue weighted by atomic mass is 9.90. The predicted molar refractivity (Wildman–Crippen MR) is 118 cm³/mol. The molecule has 1 fully saturated rings. The van der Waals surface area contributed by atoms with Crippen molar-refractivity contribution in [1.82, 2.24) is 10.3 Å². The first kappa shape index (κ1) is 23.3. The number of benzene rings is 1. The molecule has 1 amide bonds. The van der Waals surface area contributed by atoms with Crippen LogP contribution >= 0.6 is 0 Å². The molecule has 0 radical (unpaired) electrons. The van der Waals surface area contributed by atoms with Crippen LogP contribution in [0.4, 0.5) is 30.9 Å². The fourth-order valence-corrected chi connectivity index (χ4v) is 3.55. The summed E-state index contributed by atoms with van der Waals surface area (Å²) < 4.78 is 33.2. The number of halogens is 2. The van der Waals surface area contributed by atoms with Crippen molar-refractivity contribution in [1.29, 1.82) is 5.26 Å². The van der Waals surface area contributed by atoms with Crippen molar-refractivity contribution >= 4 is 23.4 Å².